The predicted molar refractivity (Wildman–Crippen MR) is 89.1 cm³/mol. The van der Waals surface area contributed by atoms with Crippen molar-refractivity contribution in [3.05, 3.63) is 28.6 Å². The molecule has 0 unspecified atom stereocenters. The minimum atomic E-state index is -0.0111. The van der Waals surface area contributed by atoms with E-state index in [0.29, 0.717) is 24.2 Å². The number of nitrogens with zero attached hydrogens (tertiary/aromatic N) is 6. The van der Waals surface area contributed by atoms with Gasteiger partial charge in [0.1, 0.15) is 5.82 Å². The summed E-state index contributed by atoms with van der Waals surface area (Å²) >= 11 is 0. The maximum Gasteiger partial charge on any atom is 0.293 e. The molecule has 1 fully saturated rings. The Morgan fingerprint density at radius 3 is 2.70 bits per heavy atom. The normalized spacial score (nSPS) is 15.9. The van der Waals surface area contributed by atoms with E-state index in [0.717, 1.165) is 31.8 Å². The third-order valence-electron chi connectivity index (χ3n) is 4.31. The van der Waals surface area contributed by atoms with Crippen molar-refractivity contribution in [3.63, 3.8) is 0 Å². The van der Waals surface area contributed by atoms with Gasteiger partial charge in [0, 0.05) is 52.0 Å². The second-order valence-electron chi connectivity index (χ2n) is 6.02. The fraction of sp³-hybridized carbons (Fsp3) is 0.600. The number of hydrogen-bond acceptors (Lipinski definition) is 6. The van der Waals surface area contributed by atoms with E-state index in [2.05, 4.69) is 25.1 Å². The second-order valence-corrected chi connectivity index (χ2v) is 6.02. The molecule has 23 heavy (non-hydrogen) atoms. The second kappa shape index (κ2) is 6.39. The highest BCUT2D eigenvalue weighted by Crippen LogP contribution is 2.27. The lowest BCUT2D eigenvalue weighted by Gasteiger charge is -2.31. The van der Waals surface area contributed by atoms with E-state index in [9.17, 15) is 4.79 Å². The minimum Gasteiger partial charge on any atom is -0.352 e. The summed E-state index contributed by atoms with van der Waals surface area (Å²) in [4.78, 5) is 25.1. The van der Waals surface area contributed by atoms with Crippen LogP contribution in [0.1, 0.15) is 31.5 Å². The summed E-state index contributed by atoms with van der Waals surface area (Å²) in [5.41, 5.74) is -0.0111. The van der Waals surface area contributed by atoms with Crippen LogP contribution >= 0.6 is 0 Å². The summed E-state index contributed by atoms with van der Waals surface area (Å²) in [7, 11) is 3.85. The molecular weight excluding hydrogens is 294 g/mol. The summed E-state index contributed by atoms with van der Waals surface area (Å²) in [5, 5.41) is 7.25. The molecule has 1 N–H and O–H groups in total. The third-order valence-corrected chi connectivity index (χ3v) is 4.31. The van der Waals surface area contributed by atoms with Gasteiger partial charge < -0.3 is 14.4 Å². The average Bonchev–Trinajstić information content (AvgIpc) is 3.06. The number of rotatable bonds is 4. The van der Waals surface area contributed by atoms with Crippen LogP contribution in [0, 0.1) is 0 Å². The molecule has 1 saturated heterocycles. The maximum absolute atomic E-state index is 12.4. The van der Waals surface area contributed by atoms with Crippen molar-refractivity contribution < 1.29 is 0 Å². The average molecular weight is 317 g/mol. The number of aryl methyl sites for hydroxylation is 1. The summed E-state index contributed by atoms with van der Waals surface area (Å²) in [6, 6.07) is 0. The van der Waals surface area contributed by atoms with Crippen molar-refractivity contribution >= 4 is 11.8 Å². The van der Waals surface area contributed by atoms with Crippen LogP contribution in [-0.2, 0) is 6.54 Å². The standard InChI is InChI=1S/C15H23N7O/c1-4-21-10-7-16-13(14(21)23)22-8-5-11(6-9-22)12-17-15(19-18-12)20(2)3/h7,10-11H,4-6,8-9H2,1-3H3,(H,17,18,19). The summed E-state index contributed by atoms with van der Waals surface area (Å²) in [6.07, 6.45) is 5.30. The number of anilines is 2. The van der Waals surface area contributed by atoms with E-state index in [4.69, 9.17) is 0 Å². The minimum absolute atomic E-state index is 0.0111. The molecule has 0 atom stereocenters. The van der Waals surface area contributed by atoms with Crippen LogP contribution in [0.3, 0.4) is 0 Å². The van der Waals surface area contributed by atoms with Crippen molar-refractivity contribution in [2.24, 2.45) is 0 Å². The Kier molecular flexibility index (Phi) is 4.31. The lowest BCUT2D eigenvalue weighted by molar-refractivity contribution is 0.482. The third kappa shape index (κ3) is 3.06. The number of H-pyrrole nitrogens is 1. The monoisotopic (exact) mass is 317 g/mol. The molecule has 2 aromatic heterocycles. The van der Waals surface area contributed by atoms with E-state index >= 15 is 0 Å². The Hall–Kier alpha value is -2.38. The largest absolute Gasteiger partial charge is 0.352 e. The number of aromatic nitrogens is 5. The molecular formula is C15H23N7O. The van der Waals surface area contributed by atoms with Crippen molar-refractivity contribution in [2.45, 2.75) is 32.2 Å². The Morgan fingerprint density at radius 2 is 2.09 bits per heavy atom. The van der Waals surface area contributed by atoms with Crippen molar-refractivity contribution in [3.8, 4) is 0 Å². The highest BCUT2D eigenvalue weighted by molar-refractivity contribution is 5.36. The number of nitrogens with one attached hydrogen (secondary N) is 1. The Bertz CT molecular complexity index is 713. The Morgan fingerprint density at radius 1 is 1.35 bits per heavy atom. The quantitative estimate of drug-likeness (QED) is 0.899. The fourth-order valence-electron chi connectivity index (χ4n) is 2.91. The van der Waals surface area contributed by atoms with Gasteiger partial charge in [-0.25, -0.2) is 4.98 Å². The molecule has 0 bridgehead atoms. The molecule has 0 spiro atoms. The molecule has 124 valence electrons. The van der Waals surface area contributed by atoms with Gasteiger partial charge in [0.2, 0.25) is 5.95 Å². The van der Waals surface area contributed by atoms with Crippen LogP contribution in [0.4, 0.5) is 11.8 Å². The van der Waals surface area contributed by atoms with Gasteiger partial charge in [0.25, 0.3) is 5.56 Å². The van der Waals surface area contributed by atoms with Gasteiger partial charge in [0.15, 0.2) is 5.82 Å². The first-order valence-electron chi connectivity index (χ1n) is 8.00. The summed E-state index contributed by atoms with van der Waals surface area (Å²) < 4.78 is 1.69. The van der Waals surface area contributed by atoms with E-state index in [1.807, 2.05) is 25.9 Å². The van der Waals surface area contributed by atoms with Crippen LogP contribution in [0.2, 0.25) is 0 Å². The first kappa shape index (κ1) is 15.5. The molecule has 3 heterocycles. The van der Waals surface area contributed by atoms with Gasteiger partial charge in [-0.05, 0) is 19.8 Å². The Balaban J connectivity index is 1.70. The predicted octanol–water partition coefficient (Wildman–Crippen LogP) is 0.831. The van der Waals surface area contributed by atoms with Gasteiger partial charge in [-0.3, -0.25) is 9.89 Å². The zero-order valence-electron chi connectivity index (χ0n) is 13.9. The number of aromatic amines is 1. The maximum atomic E-state index is 12.4. The molecule has 2 aromatic rings. The molecule has 3 rings (SSSR count). The van der Waals surface area contributed by atoms with E-state index in [1.165, 1.54) is 0 Å². The molecule has 0 saturated carbocycles. The van der Waals surface area contributed by atoms with Crippen molar-refractivity contribution in [2.75, 3.05) is 37.0 Å². The highest BCUT2D eigenvalue weighted by atomic mass is 16.1. The van der Waals surface area contributed by atoms with Crippen LogP contribution in [0.25, 0.3) is 0 Å². The van der Waals surface area contributed by atoms with Crippen LogP contribution in [-0.4, -0.2) is 51.9 Å². The van der Waals surface area contributed by atoms with Crippen molar-refractivity contribution in [1.29, 1.82) is 0 Å². The first-order chi connectivity index (χ1) is 11.1. The zero-order chi connectivity index (χ0) is 16.4. The molecule has 8 nitrogen and oxygen atoms in total. The summed E-state index contributed by atoms with van der Waals surface area (Å²) in [5.74, 6) is 2.54. The Labute approximate surface area is 135 Å². The van der Waals surface area contributed by atoms with Gasteiger partial charge in [0.05, 0.1) is 0 Å². The SMILES string of the molecule is CCn1ccnc(N2CCC(c3nc(N(C)C)n[nH]3)CC2)c1=O. The molecule has 0 amide bonds. The zero-order valence-corrected chi connectivity index (χ0v) is 13.9. The van der Waals surface area contributed by atoms with Gasteiger partial charge >= 0.3 is 0 Å². The fourth-order valence-corrected chi connectivity index (χ4v) is 2.91. The van der Waals surface area contributed by atoms with Crippen LogP contribution in [0.5, 0.6) is 0 Å². The van der Waals surface area contributed by atoms with Gasteiger partial charge in [-0.1, -0.05) is 0 Å². The summed E-state index contributed by atoms with van der Waals surface area (Å²) in [6.45, 7) is 4.23. The number of hydrogen-bond donors (Lipinski definition) is 1. The van der Waals surface area contributed by atoms with Gasteiger partial charge in [-0.15, -0.1) is 5.10 Å². The van der Waals surface area contributed by atoms with Crippen LogP contribution in [0.15, 0.2) is 17.2 Å². The van der Waals surface area contributed by atoms with Crippen molar-refractivity contribution in [1.82, 2.24) is 24.7 Å². The topological polar surface area (TPSA) is 82.9 Å². The molecule has 1 aliphatic rings. The molecule has 0 aromatic carbocycles. The molecule has 0 radical (unpaired) electrons. The van der Waals surface area contributed by atoms with Crippen LogP contribution < -0.4 is 15.4 Å². The van der Waals surface area contributed by atoms with E-state index < -0.39 is 0 Å². The van der Waals surface area contributed by atoms with E-state index in [1.54, 1.807) is 17.0 Å². The van der Waals surface area contributed by atoms with Gasteiger partial charge in [-0.2, -0.15) is 4.98 Å². The lowest BCUT2D eigenvalue weighted by Crippen LogP contribution is -2.38. The van der Waals surface area contributed by atoms with E-state index in [-0.39, 0.29) is 5.56 Å². The molecule has 0 aliphatic carbocycles. The molecule has 1 aliphatic heterocycles. The molecule has 8 heteroatoms. The number of piperidine rings is 1. The lowest BCUT2D eigenvalue weighted by atomic mass is 9.96. The first-order valence-corrected chi connectivity index (χ1v) is 8.00. The smallest absolute Gasteiger partial charge is 0.293 e. The highest BCUT2D eigenvalue weighted by Gasteiger charge is 2.25.